The standard InChI is InChI=1S/C19H30N4O2/c1-4-22(5-2)18(24)13-20-19(25)21-17-11-12-23(14-17)15(3)16-9-7-6-8-10-16/h6-10,15,17H,4-5,11-14H2,1-3H3,(H2,20,21,25)/t15-,17+/m0/s1. The Morgan fingerprint density at radius 2 is 1.92 bits per heavy atom. The van der Waals surface area contributed by atoms with Crippen LogP contribution in [-0.4, -0.2) is 60.5 Å². The first-order chi connectivity index (χ1) is 12.0. The Kier molecular flexibility index (Phi) is 7.25. The molecule has 0 aromatic heterocycles. The van der Waals surface area contributed by atoms with Gasteiger partial charge < -0.3 is 15.5 Å². The summed E-state index contributed by atoms with van der Waals surface area (Å²) in [6.07, 6.45) is 0.925. The van der Waals surface area contributed by atoms with Gasteiger partial charge in [-0.15, -0.1) is 0 Å². The molecule has 0 saturated carbocycles. The minimum atomic E-state index is -0.264. The molecule has 0 bridgehead atoms. The fraction of sp³-hybridized carbons (Fsp3) is 0.579. The Morgan fingerprint density at radius 1 is 1.24 bits per heavy atom. The number of nitrogens with zero attached hydrogens (tertiary/aromatic N) is 2. The van der Waals surface area contributed by atoms with E-state index in [9.17, 15) is 9.59 Å². The van der Waals surface area contributed by atoms with E-state index in [1.54, 1.807) is 4.90 Å². The smallest absolute Gasteiger partial charge is 0.315 e. The zero-order valence-corrected chi connectivity index (χ0v) is 15.5. The van der Waals surface area contributed by atoms with E-state index in [1.165, 1.54) is 5.56 Å². The van der Waals surface area contributed by atoms with Crippen LogP contribution >= 0.6 is 0 Å². The van der Waals surface area contributed by atoms with Crippen LogP contribution in [0.4, 0.5) is 4.79 Å². The van der Waals surface area contributed by atoms with E-state index in [0.717, 1.165) is 19.5 Å². The molecule has 6 heteroatoms. The second-order valence-electron chi connectivity index (χ2n) is 6.46. The lowest BCUT2D eigenvalue weighted by Crippen LogP contribution is -2.47. The molecule has 1 aromatic rings. The van der Waals surface area contributed by atoms with Gasteiger partial charge in [-0.1, -0.05) is 30.3 Å². The second-order valence-corrected chi connectivity index (χ2v) is 6.46. The molecule has 2 rings (SSSR count). The number of carbonyl (C=O) groups excluding carboxylic acids is 2. The lowest BCUT2D eigenvalue weighted by Gasteiger charge is -2.25. The SMILES string of the molecule is CCN(CC)C(=O)CNC(=O)N[C@@H]1CCN([C@@H](C)c2ccccc2)C1. The van der Waals surface area contributed by atoms with Gasteiger partial charge in [0.25, 0.3) is 0 Å². The minimum absolute atomic E-state index is 0.0460. The van der Waals surface area contributed by atoms with Crippen LogP contribution in [0, 0.1) is 0 Å². The number of amides is 3. The molecule has 1 saturated heterocycles. The first-order valence-electron chi connectivity index (χ1n) is 9.16. The number of hydrogen-bond donors (Lipinski definition) is 2. The molecule has 2 atom stereocenters. The molecule has 138 valence electrons. The molecule has 1 aliphatic rings. The predicted molar refractivity (Wildman–Crippen MR) is 99.3 cm³/mol. The van der Waals surface area contributed by atoms with Gasteiger partial charge in [0.15, 0.2) is 0 Å². The third kappa shape index (κ3) is 5.46. The summed E-state index contributed by atoms with van der Waals surface area (Å²) in [4.78, 5) is 28.0. The normalized spacial score (nSPS) is 18.6. The molecule has 2 N–H and O–H groups in total. The maximum atomic E-state index is 12.0. The van der Waals surface area contributed by atoms with Crippen molar-refractivity contribution in [2.45, 2.75) is 39.3 Å². The minimum Gasteiger partial charge on any atom is -0.342 e. The lowest BCUT2D eigenvalue weighted by atomic mass is 10.1. The average Bonchev–Trinajstić information content (AvgIpc) is 3.09. The van der Waals surface area contributed by atoms with Crippen LogP contribution in [0.1, 0.15) is 38.8 Å². The first-order valence-corrected chi connectivity index (χ1v) is 9.16. The van der Waals surface area contributed by atoms with Crippen molar-refractivity contribution in [3.8, 4) is 0 Å². The van der Waals surface area contributed by atoms with Crippen molar-refractivity contribution in [3.05, 3.63) is 35.9 Å². The van der Waals surface area contributed by atoms with Gasteiger partial charge in [-0.25, -0.2) is 4.79 Å². The molecule has 25 heavy (non-hydrogen) atoms. The molecule has 0 radical (unpaired) electrons. The summed E-state index contributed by atoms with van der Waals surface area (Å²) in [5, 5.41) is 5.66. The van der Waals surface area contributed by atoms with Gasteiger partial charge in [-0.05, 0) is 32.8 Å². The fourth-order valence-electron chi connectivity index (χ4n) is 3.28. The highest BCUT2D eigenvalue weighted by Gasteiger charge is 2.27. The number of benzene rings is 1. The Bertz CT molecular complexity index is 560. The van der Waals surface area contributed by atoms with E-state index in [1.807, 2.05) is 19.9 Å². The zero-order valence-electron chi connectivity index (χ0n) is 15.5. The Hall–Kier alpha value is -2.08. The van der Waals surface area contributed by atoms with Crippen molar-refractivity contribution in [2.75, 3.05) is 32.7 Å². The maximum Gasteiger partial charge on any atom is 0.315 e. The molecule has 1 heterocycles. The molecule has 6 nitrogen and oxygen atoms in total. The number of hydrogen-bond acceptors (Lipinski definition) is 3. The van der Waals surface area contributed by atoms with Crippen LogP contribution in [0.3, 0.4) is 0 Å². The number of carbonyl (C=O) groups is 2. The van der Waals surface area contributed by atoms with Crippen molar-refractivity contribution in [3.63, 3.8) is 0 Å². The largest absolute Gasteiger partial charge is 0.342 e. The van der Waals surface area contributed by atoms with Crippen molar-refractivity contribution >= 4 is 11.9 Å². The first kappa shape index (κ1) is 19.2. The highest BCUT2D eigenvalue weighted by molar-refractivity contribution is 5.84. The van der Waals surface area contributed by atoms with Gasteiger partial charge in [0, 0.05) is 38.3 Å². The molecule has 3 amide bonds. The van der Waals surface area contributed by atoms with Crippen molar-refractivity contribution < 1.29 is 9.59 Å². The highest BCUT2D eigenvalue weighted by atomic mass is 16.2. The summed E-state index contributed by atoms with van der Waals surface area (Å²) < 4.78 is 0. The van der Waals surface area contributed by atoms with Crippen LogP contribution < -0.4 is 10.6 Å². The second kappa shape index (κ2) is 9.42. The number of urea groups is 1. The van der Waals surface area contributed by atoms with E-state index in [0.29, 0.717) is 19.1 Å². The number of likely N-dealkylation sites (N-methyl/N-ethyl adjacent to an activating group) is 1. The molecular weight excluding hydrogens is 316 g/mol. The summed E-state index contributed by atoms with van der Waals surface area (Å²) >= 11 is 0. The summed E-state index contributed by atoms with van der Waals surface area (Å²) in [6.45, 7) is 9.21. The van der Waals surface area contributed by atoms with Crippen LogP contribution in [0.25, 0.3) is 0 Å². The van der Waals surface area contributed by atoms with Crippen LogP contribution in [-0.2, 0) is 4.79 Å². The average molecular weight is 346 g/mol. The summed E-state index contributed by atoms with van der Waals surface area (Å²) in [6, 6.07) is 10.6. The number of likely N-dealkylation sites (tertiary alicyclic amines) is 1. The highest BCUT2D eigenvalue weighted by Crippen LogP contribution is 2.24. The predicted octanol–water partition coefficient (Wildman–Crippen LogP) is 1.99. The van der Waals surface area contributed by atoms with E-state index >= 15 is 0 Å². The van der Waals surface area contributed by atoms with Crippen molar-refractivity contribution in [2.24, 2.45) is 0 Å². The number of rotatable bonds is 7. The van der Waals surface area contributed by atoms with Crippen molar-refractivity contribution in [1.82, 2.24) is 20.4 Å². The third-order valence-corrected chi connectivity index (χ3v) is 4.90. The maximum absolute atomic E-state index is 12.0. The van der Waals surface area contributed by atoms with Gasteiger partial charge in [-0.3, -0.25) is 9.69 Å². The lowest BCUT2D eigenvalue weighted by molar-refractivity contribution is -0.129. The van der Waals surface area contributed by atoms with Crippen molar-refractivity contribution in [1.29, 1.82) is 0 Å². The molecule has 1 aliphatic heterocycles. The van der Waals surface area contributed by atoms with E-state index < -0.39 is 0 Å². The Balaban J connectivity index is 1.75. The van der Waals surface area contributed by atoms with E-state index in [2.05, 4.69) is 46.7 Å². The van der Waals surface area contributed by atoms with Gasteiger partial charge in [0.05, 0.1) is 6.54 Å². The molecule has 1 aromatic carbocycles. The van der Waals surface area contributed by atoms with Gasteiger partial charge in [0.2, 0.25) is 5.91 Å². The molecule has 0 spiro atoms. The summed E-state index contributed by atoms with van der Waals surface area (Å²) in [5.74, 6) is -0.0501. The Labute approximate surface area is 150 Å². The number of nitrogens with one attached hydrogen (secondary N) is 2. The third-order valence-electron chi connectivity index (χ3n) is 4.90. The van der Waals surface area contributed by atoms with E-state index in [-0.39, 0.29) is 24.5 Å². The zero-order chi connectivity index (χ0) is 18.2. The van der Waals surface area contributed by atoms with E-state index in [4.69, 9.17) is 0 Å². The van der Waals surface area contributed by atoms with Crippen LogP contribution in [0.5, 0.6) is 0 Å². The monoisotopic (exact) mass is 346 g/mol. The summed E-state index contributed by atoms with van der Waals surface area (Å²) in [7, 11) is 0. The molecule has 1 fully saturated rings. The van der Waals surface area contributed by atoms with Crippen LogP contribution in [0.2, 0.25) is 0 Å². The fourth-order valence-corrected chi connectivity index (χ4v) is 3.28. The molecule has 0 aliphatic carbocycles. The van der Waals surface area contributed by atoms with Gasteiger partial charge >= 0.3 is 6.03 Å². The topological polar surface area (TPSA) is 64.7 Å². The van der Waals surface area contributed by atoms with Gasteiger partial charge in [-0.2, -0.15) is 0 Å². The molecular formula is C19H30N4O2. The summed E-state index contributed by atoms with van der Waals surface area (Å²) in [5.41, 5.74) is 1.29. The Morgan fingerprint density at radius 3 is 2.56 bits per heavy atom. The van der Waals surface area contributed by atoms with Gasteiger partial charge in [0.1, 0.15) is 0 Å². The van der Waals surface area contributed by atoms with Crippen LogP contribution in [0.15, 0.2) is 30.3 Å². The molecule has 0 unspecified atom stereocenters. The quantitative estimate of drug-likeness (QED) is 0.794.